The van der Waals surface area contributed by atoms with Crippen molar-refractivity contribution in [3.63, 3.8) is 0 Å². The van der Waals surface area contributed by atoms with Crippen LogP contribution < -0.4 is 11.2 Å². The van der Waals surface area contributed by atoms with E-state index in [1.165, 1.54) is 16.4 Å². The van der Waals surface area contributed by atoms with Crippen LogP contribution in [0.25, 0.3) is 5.95 Å². The maximum atomic E-state index is 12.5. The second-order valence-electron chi connectivity index (χ2n) is 6.79. The highest BCUT2D eigenvalue weighted by molar-refractivity contribution is 7.99. The number of halogens is 1. The lowest BCUT2D eigenvalue weighted by molar-refractivity contribution is -0.113. The molecule has 4 rings (SSSR count). The monoisotopic (exact) mass is 457 g/mol. The SMILES string of the molecule is Cc1cc(C)n(-c2nnc(SCC(=O)Nc3ccnn3Cc3ccccc3Cl)n2N)n1. The average molecular weight is 458 g/mol. The number of carbonyl (C=O) groups is 1. The molecule has 0 saturated heterocycles. The zero-order chi connectivity index (χ0) is 22.0. The molecule has 0 spiro atoms. The first-order chi connectivity index (χ1) is 14.9. The van der Waals surface area contributed by atoms with Crippen LogP contribution in [0.3, 0.4) is 0 Å². The Morgan fingerprint density at radius 3 is 2.77 bits per heavy atom. The molecule has 160 valence electrons. The van der Waals surface area contributed by atoms with Gasteiger partial charge in [-0.2, -0.15) is 10.2 Å². The number of rotatable bonds is 7. The van der Waals surface area contributed by atoms with E-state index in [2.05, 4.69) is 25.7 Å². The third kappa shape index (κ3) is 4.57. The van der Waals surface area contributed by atoms with E-state index < -0.39 is 0 Å². The van der Waals surface area contributed by atoms with Gasteiger partial charge in [0, 0.05) is 16.8 Å². The van der Waals surface area contributed by atoms with Crippen LogP contribution in [0.5, 0.6) is 0 Å². The molecule has 3 N–H and O–H groups in total. The van der Waals surface area contributed by atoms with Crippen LogP contribution in [-0.2, 0) is 11.3 Å². The van der Waals surface area contributed by atoms with Crippen LogP contribution in [-0.4, -0.2) is 46.1 Å². The highest BCUT2D eigenvalue weighted by atomic mass is 35.5. The number of hydrogen-bond acceptors (Lipinski definition) is 7. The number of amides is 1. The van der Waals surface area contributed by atoms with Crippen molar-refractivity contribution in [2.45, 2.75) is 25.5 Å². The number of nitrogens with two attached hydrogens (primary N) is 1. The fourth-order valence-corrected chi connectivity index (χ4v) is 3.85. The lowest BCUT2D eigenvalue weighted by Gasteiger charge is -2.10. The Morgan fingerprint density at radius 2 is 2.03 bits per heavy atom. The van der Waals surface area contributed by atoms with Crippen LogP contribution in [0, 0.1) is 13.8 Å². The normalized spacial score (nSPS) is 11.1. The van der Waals surface area contributed by atoms with Gasteiger partial charge in [0.05, 0.1) is 24.2 Å². The first-order valence-corrected chi connectivity index (χ1v) is 10.7. The largest absolute Gasteiger partial charge is 0.334 e. The minimum absolute atomic E-state index is 0.101. The van der Waals surface area contributed by atoms with Crippen LogP contribution in [0.15, 0.2) is 47.8 Å². The van der Waals surface area contributed by atoms with E-state index >= 15 is 0 Å². The van der Waals surface area contributed by atoms with Crippen LogP contribution in [0.4, 0.5) is 5.82 Å². The molecule has 10 nitrogen and oxygen atoms in total. The topological polar surface area (TPSA) is 121 Å². The third-order valence-electron chi connectivity index (χ3n) is 4.44. The van der Waals surface area contributed by atoms with Crippen molar-refractivity contribution in [2.24, 2.45) is 0 Å². The molecule has 12 heteroatoms. The molecule has 0 radical (unpaired) electrons. The number of nitrogen functional groups attached to an aromatic ring is 1. The first-order valence-electron chi connectivity index (χ1n) is 9.34. The zero-order valence-electron chi connectivity index (χ0n) is 16.9. The number of aryl methyl sites for hydroxylation is 2. The number of nitrogens with zero attached hydrogens (tertiary/aromatic N) is 7. The number of nitrogens with one attached hydrogen (secondary N) is 1. The minimum Gasteiger partial charge on any atom is -0.334 e. The van der Waals surface area contributed by atoms with Gasteiger partial charge >= 0.3 is 0 Å². The Balaban J connectivity index is 1.39. The summed E-state index contributed by atoms with van der Waals surface area (Å²) in [5.74, 6) is 6.94. The quantitative estimate of drug-likeness (QED) is 0.323. The van der Waals surface area contributed by atoms with E-state index in [-0.39, 0.29) is 11.7 Å². The maximum absolute atomic E-state index is 12.5. The number of carbonyl (C=O) groups excluding carboxylic acids is 1. The van der Waals surface area contributed by atoms with E-state index in [1.54, 1.807) is 21.6 Å². The van der Waals surface area contributed by atoms with E-state index in [1.807, 2.05) is 44.2 Å². The Labute approximate surface area is 187 Å². The summed E-state index contributed by atoms with van der Waals surface area (Å²) < 4.78 is 4.61. The summed E-state index contributed by atoms with van der Waals surface area (Å²) in [7, 11) is 0. The molecule has 3 aromatic heterocycles. The summed E-state index contributed by atoms with van der Waals surface area (Å²) in [5.41, 5.74) is 2.64. The smallest absolute Gasteiger partial charge is 0.271 e. The molecular formula is C19H20ClN9OS. The number of hydrogen-bond donors (Lipinski definition) is 2. The van der Waals surface area contributed by atoms with E-state index in [9.17, 15) is 4.79 Å². The molecule has 1 aromatic carbocycles. The maximum Gasteiger partial charge on any atom is 0.271 e. The number of benzene rings is 1. The van der Waals surface area contributed by atoms with Gasteiger partial charge in [-0.05, 0) is 31.5 Å². The third-order valence-corrected chi connectivity index (χ3v) is 5.75. The van der Waals surface area contributed by atoms with Gasteiger partial charge in [0.15, 0.2) is 0 Å². The van der Waals surface area contributed by atoms with Gasteiger partial charge in [-0.15, -0.1) is 10.2 Å². The predicted molar refractivity (Wildman–Crippen MR) is 119 cm³/mol. The van der Waals surface area contributed by atoms with Crippen molar-refractivity contribution in [2.75, 3.05) is 16.9 Å². The van der Waals surface area contributed by atoms with E-state index in [4.69, 9.17) is 17.4 Å². The van der Waals surface area contributed by atoms with Crippen molar-refractivity contribution in [3.8, 4) is 5.95 Å². The summed E-state index contributed by atoms with van der Waals surface area (Å²) in [6.07, 6.45) is 1.62. The summed E-state index contributed by atoms with van der Waals surface area (Å²) in [6, 6.07) is 11.2. The van der Waals surface area contributed by atoms with Crippen molar-refractivity contribution < 1.29 is 4.79 Å². The molecule has 0 bridgehead atoms. The molecule has 4 aromatic rings. The van der Waals surface area contributed by atoms with Gasteiger partial charge < -0.3 is 11.2 Å². The summed E-state index contributed by atoms with van der Waals surface area (Å²) in [6.45, 7) is 4.23. The summed E-state index contributed by atoms with van der Waals surface area (Å²) in [5, 5.41) is 20.7. The Morgan fingerprint density at radius 1 is 1.23 bits per heavy atom. The van der Waals surface area contributed by atoms with Gasteiger partial charge in [0.25, 0.3) is 5.95 Å². The van der Waals surface area contributed by atoms with Crippen molar-refractivity contribution in [1.82, 2.24) is 34.4 Å². The summed E-state index contributed by atoms with van der Waals surface area (Å²) >= 11 is 7.40. The number of thioether (sulfide) groups is 1. The highest BCUT2D eigenvalue weighted by Crippen LogP contribution is 2.20. The van der Waals surface area contributed by atoms with E-state index in [0.29, 0.717) is 28.5 Å². The fourth-order valence-electron chi connectivity index (χ4n) is 3.01. The Hall–Kier alpha value is -3.31. The molecular weight excluding hydrogens is 438 g/mol. The second-order valence-corrected chi connectivity index (χ2v) is 8.14. The van der Waals surface area contributed by atoms with Gasteiger partial charge in [-0.3, -0.25) is 4.79 Å². The molecule has 0 unspecified atom stereocenters. The first kappa shape index (κ1) is 20.9. The lowest BCUT2D eigenvalue weighted by atomic mass is 10.2. The van der Waals surface area contributed by atoms with Crippen LogP contribution in [0.2, 0.25) is 5.02 Å². The van der Waals surface area contributed by atoms with Gasteiger partial charge in [-0.25, -0.2) is 14.0 Å². The predicted octanol–water partition coefficient (Wildman–Crippen LogP) is 2.42. The van der Waals surface area contributed by atoms with Crippen LogP contribution >= 0.6 is 23.4 Å². The fraction of sp³-hybridized carbons (Fsp3) is 0.211. The Kier molecular flexibility index (Phi) is 5.96. The molecule has 31 heavy (non-hydrogen) atoms. The van der Waals surface area contributed by atoms with Crippen molar-refractivity contribution in [1.29, 1.82) is 0 Å². The molecule has 3 heterocycles. The van der Waals surface area contributed by atoms with Crippen LogP contribution in [0.1, 0.15) is 17.0 Å². The zero-order valence-corrected chi connectivity index (χ0v) is 18.4. The summed E-state index contributed by atoms with van der Waals surface area (Å²) in [4.78, 5) is 12.5. The molecule has 0 saturated carbocycles. The molecule has 0 aliphatic rings. The number of anilines is 1. The van der Waals surface area contributed by atoms with Gasteiger partial charge in [0.2, 0.25) is 11.1 Å². The highest BCUT2D eigenvalue weighted by Gasteiger charge is 2.17. The molecule has 0 aliphatic heterocycles. The van der Waals surface area contributed by atoms with Crippen molar-refractivity contribution >= 4 is 35.1 Å². The number of aromatic nitrogens is 7. The molecule has 1 amide bonds. The average Bonchev–Trinajstić information content (AvgIpc) is 3.41. The van der Waals surface area contributed by atoms with Gasteiger partial charge in [-0.1, -0.05) is 41.6 Å². The van der Waals surface area contributed by atoms with E-state index in [0.717, 1.165) is 17.0 Å². The molecule has 0 fully saturated rings. The second kappa shape index (κ2) is 8.82. The Bertz CT molecular complexity index is 1230. The van der Waals surface area contributed by atoms with Crippen molar-refractivity contribution in [3.05, 3.63) is 64.6 Å². The lowest BCUT2D eigenvalue weighted by Crippen LogP contribution is -2.20. The molecule has 0 aliphatic carbocycles. The van der Waals surface area contributed by atoms with Gasteiger partial charge in [0.1, 0.15) is 5.82 Å². The standard InChI is InChI=1S/C19H20ClN9OS/c1-12-9-13(2)29(26-12)18-24-25-19(28(18)21)31-11-17(30)23-16-7-8-22-27(16)10-14-5-3-4-6-15(14)20/h3-9H,10-11,21H2,1-2H3,(H,23,30). The molecule has 0 atom stereocenters. The minimum atomic E-state index is -0.221.